The Morgan fingerprint density at radius 2 is 2.10 bits per heavy atom. The first kappa shape index (κ1) is 13.4. The lowest BCUT2D eigenvalue weighted by atomic mass is 10.1. The fourth-order valence-corrected chi connectivity index (χ4v) is 1.52. The van der Waals surface area contributed by atoms with Gasteiger partial charge < -0.3 is 9.84 Å². The molecule has 1 N–H and O–H groups in total. The molecular formula is C12H9N3O5. The van der Waals surface area contributed by atoms with Crippen LogP contribution in [0.25, 0.3) is 0 Å². The molecule has 0 spiro atoms. The molecule has 102 valence electrons. The number of nitro benzene ring substituents is 1. The molecule has 0 aliphatic rings. The number of carbonyl (C=O) groups is 1. The third-order valence-corrected chi connectivity index (χ3v) is 2.40. The number of benzene rings is 1. The minimum atomic E-state index is -1.40. The van der Waals surface area contributed by atoms with Crippen molar-refractivity contribution in [3.63, 3.8) is 0 Å². The normalized spacial score (nSPS) is 10.1. The van der Waals surface area contributed by atoms with Crippen LogP contribution in [0, 0.1) is 17.0 Å². The SMILES string of the molecule is Cc1cc(Oc2ccc([N+](=O)[O-])c(C(=O)O)c2)ncn1. The van der Waals surface area contributed by atoms with Crippen molar-refractivity contribution in [3.05, 3.63) is 52.0 Å². The summed E-state index contributed by atoms with van der Waals surface area (Å²) in [6.07, 6.45) is 1.30. The van der Waals surface area contributed by atoms with Crippen molar-refractivity contribution in [3.8, 4) is 11.6 Å². The quantitative estimate of drug-likeness (QED) is 0.671. The summed E-state index contributed by atoms with van der Waals surface area (Å²) in [4.78, 5) is 28.7. The lowest BCUT2D eigenvalue weighted by Gasteiger charge is -2.06. The van der Waals surface area contributed by atoms with Crippen molar-refractivity contribution in [2.45, 2.75) is 6.92 Å². The zero-order chi connectivity index (χ0) is 14.7. The molecule has 0 atom stereocenters. The van der Waals surface area contributed by atoms with Crippen molar-refractivity contribution in [1.82, 2.24) is 9.97 Å². The highest BCUT2D eigenvalue weighted by Crippen LogP contribution is 2.26. The molecule has 0 aliphatic heterocycles. The number of carboxylic acids is 1. The van der Waals surface area contributed by atoms with Crippen LogP contribution < -0.4 is 4.74 Å². The first-order valence-corrected chi connectivity index (χ1v) is 5.45. The van der Waals surface area contributed by atoms with Gasteiger partial charge in [-0.3, -0.25) is 10.1 Å². The van der Waals surface area contributed by atoms with E-state index < -0.39 is 22.1 Å². The maximum absolute atomic E-state index is 11.0. The zero-order valence-corrected chi connectivity index (χ0v) is 10.3. The maximum Gasteiger partial charge on any atom is 0.342 e. The van der Waals surface area contributed by atoms with Gasteiger partial charge in [-0.05, 0) is 13.0 Å². The Morgan fingerprint density at radius 3 is 2.70 bits per heavy atom. The molecule has 8 nitrogen and oxygen atoms in total. The summed E-state index contributed by atoms with van der Waals surface area (Å²) in [5.74, 6) is -1.03. The van der Waals surface area contributed by atoms with E-state index in [1.54, 1.807) is 13.0 Å². The van der Waals surface area contributed by atoms with Gasteiger partial charge in [0.1, 0.15) is 17.6 Å². The minimum Gasteiger partial charge on any atom is -0.477 e. The predicted octanol–water partition coefficient (Wildman–Crippen LogP) is 2.18. The number of rotatable bonds is 4. The van der Waals surface area contributed by atoms with Crippen molar-refractivity contribution >= 4 is 11.7 Å². The number of hydrogen-bond donors (Lipinski definition) is 1. The zero-order valence-electron chi connectivity index (χ0n) is 10.3. The molecule has 0 aliphatic carbocycles. The molecule has 2 aromatic rings. The van der Waals surface area contributed by atoms with E-state index in [0.29, 0.717) is 5.69 Å². The Kier molecular flexibility index (Phi) is 3.56. The molecule has 20 heavy (non-hydrogen) atoms. The highest BCUT2D eigenvalue weighted by atomic mass is 16.6. The number of aromatic carboxylic acids is 1. The topological polar surface area (TPSA) is 115 Å². The summed E-state index contributed by atoms with van der Waals surface area (Å²) in [6, 6.07) is 5.02. The van der Waals surface area contributed by atoms with Crippen LogP contribution in [0.5, 0.6) is 11.6 Å². The van der Waals surface area contributed by atoms with Crippen LogP contribution in [0.4, 0.5) is 5.69 Å². The molecule has 0 bridgehead atoms. The molecule has 0 fully saturated rings. The van der Waals surface area contributed by atoms with E-state index in [1.165, 1.54) is 12.4 Å². The van der Waals surface area contributed by atoms with Crippen molar-refractivity contribution in [2.24, 2.45) is 0 Å². The predicted molar refractivity (Wildman–Crippen MR) is 66.9 cm³/mol. The lowest BCUT2D eigenvalue weighted by Crippen LogP contribution is -2.03. The summed E-state index contributed by atoms with van der Waals surface area (Å²) in [6.45, 7) is 1.74. The van der Waals surface area contributed by atoms with E-state index in [4.69, 9.17) is 9.84 Å². The van der Waals surface area contributed by atoms with E-state index in [2.05, 4.69) is 9.97 Å². The molecule has 1 heterocycles. The standard InChI is InChI=1S/C12H9N3O5/c1-7-4-11(14-6-13-7)20-8-2-3-10(15(18)19)9(5-8)12(16)17/h2-6H,1H3,(H,16,17). The van der Waals surface area contributed by atoms with Crippen molar-refractivity contribution in [1.29, 1.82) is 0 Å². The van der Waals surface area contributed by atoms with Crippen LogP contribution in [0.15, 0.2) is 30.6 Å². The number of hydrogen-bond acceptors (Lipinski definition) is 6. The van der Waals surface area contributed by atoms with E-state index in [-0.39, 0.29) is 11.6 Å². The van der Waals surface area contributed by atoms with Gasteiger partial charge in [-0.25, -0.2) is 14.8 Å². The van der Waals surface area contributed by atoms with Crippen LogP contribution in [0.1, 0.15) is 16.1 Å². The van der Waals surface area contributed by atoms with E-state index in [1.807, 2.05) is 0 Å². The third-order valence-electron chi connectivity index (χ3n) is 2.40. The second-order valence-corrected chi connectivity index (χ2v) is 3.84. The second kappa shape index (κ2) is 5.31. The number of nitrogens with zero attached hydrogens (tertiary/aromatic N) is 3. The van der Waals surface area contributed by atoms with E-state index in [9.17, 15) is 14.9 Å². The molecule has 0 saturated carbocycles. The van der Waals surface area contributed by atoms with Crippen LogP contribution in [-0.4, -0.2) is 26.0 Å². The average Bonchev–Trinajstić information content (AvgIpc) is 2.38. The van der Waals surface area contributed by atoms with Gasteiger partial charge in [0.15, 0.2) is 0 Å². The molecule has 0 saturated heterocycles. The molecule has 2 rings (SSSR count). The first-order valence-electron chi connectivity index (χ1n) is 5.45. The maximum atomic E-state index is 11.0. The summed E-state index contributed by atoms with van der Waals surface area (Å²) in [5, 5.41) is 19.7. The van der Waals surface area contributed by atoms with Gasteiger partial charge in [-0.15, -0.1) is 0 Å². The Morgan fingerprint density at radius 1 is 1.35 bits per heavy atom. The van der Waals surface area contributed by atoms with Gasteiger partial charge in [-0.2, -0.15) is 0 Å². The number of aryl methyl sites for hydroxylation is 1. The van der Waals surface area contributed by atoms with E-state index in [0.717, 1.165) is 12.1 Å². The van der Waals surface area contributed by atoms with Gasteiger partial charge in [0.2, 0.25) is 5.88 Å². The van der Waals surface area contributed by atoms with Gasteiger partial charge in [0, 0.05) is 23.9 Å². The highest BCUT2D eigenvalue weighted by molar-refractivity contribution is 5.92. The summed E-state index contributed by atoms with van der Waals surface area (Å²) in [7, 11) is 0. The van der Waals surface area contributed by atoms with Crippen molar-refractivity contribution in [2.75, 3.05) is 0 Å². The van der Waals surface area contributed by atoms with Crippen LogP contribution in [0.3, 0.4) is 0 Å². The Balaban J connectivity index is 2.36. The van der Waals surface area contributed by atoms with Crippen LogP contribution in [0.2, 0.25) is 0 Å². The van der Waals surface area contributed by atoms with Gasteiger partial charge in [0.25, 0.3) is 5.69 Å². The molecular weight excluding hydrogens is 266 g/mol. The smallest absolute Gasteiger partial charge is 0.342 e. The first-order chi connectivity index (χ1) is 9.47. The van der Waals surface area contributed by atoms with Gasteiger partial charge in [0.05, 0.1) is 4.92 Å². The van der Waals surface area contributed by atoms with Gasteiger partial charge >= 0.3 is 5.97 Å². The molecule has 0 radical (unpaired) electrons. The van der Waals surface area contributed by atoms with Crippen LogP contribution >= 0.6 is 0 Å². The molecule has 0 amide bonds. The lowest BCUT2D eigenvalue weighted by molar-refractivity contribution is -0.385. The fourth-order valence-electron chi connectivity index (χ4n) is 1.52. The number of aromatic nitrogens is 2. The summed E-state index contributed by atoms with van der Waals surface area (Å²) < 4.78 is 5.35. The second-order valence-electron chi connectivity index (χ2n) is 3.84. The molecule has 1 aromatic carbocycles. The fraction of sp³-hybridized carbons (Fsp3) is 0.0833. The average molecular weight is 275 g/mol. The third kappa shape index (κ3) is 2.86. The number of nitro groups is 1. The van der Waals surface area contributed by atoms with Crippen LogP contribution in [-0.2, 0) is 0 Å². The monoisotopic (exact) mass is 275 g/mol. The summed E-state index contributed by atoms with van der Waals surface area (Å²) >= 11 is 0. The highest BCUT2D eigenvalue weighted by Gasteiger charge is 2.20. The Bertz CT molecular complexity index is 687. The van der Waals surface area contributed by atoms with E-state index >= 15 is 0 Å². The molecule has 1 aromatic heterocycles. The summed E-state index contributed by atoms with van der Waals surface area (Å²) in [5.41, 5.74) is -0.266. The number of ether oxygens (including phenoxy) is 1. The Hall–Kier alpha value is -3.03. The minimum absolute atomic E-state index is 0.145. The molecule has 8 heteroatoms. The van der Waals surface area contributed by atoms with Crippen molar-refractivity contribution < 1.29 is 19.6 Å². The number of carboxylic acid groups (broad SMARTS) is 1. The largest absolute Gasteiger partial charge is 0.477 e. The molecule has 0 unspecified atom stereocenters. The van der Waals surface area contributed by atoms with Gasteiger partial charge in [-0.1, -0.05) is 0 Å². The Labute approximate surface area is 112 Å².